The van der Waals surface area contributed by atoms with E-state index in [2.05, 4.69) is 6.07 Å². The van der Waals surface area contributed by atoms with E-state index in [4.69, 9.17) is 10.5 Å². The zero-order valence-corrected chi connectivity index (χ0v) is 13.0. The predicted molar refractivity (Wildman–Crippen MR) is 82.4 cm³/mol. The molecule has 1 saturated carbocycles. The largest absolute Gasteiger partial charge is 0.380 e. The van der Waals surface area contributed by atoms with E-state index in [-0.39, 0.29) is 17.4 Å². The van der Waals surface area contributed by atoms with Gasteiger partial charge in [-0.05, 0) is 30.5 Å². The third-order valence-corrected chi connectivity index (χ3v) is 4.83. The van der Waals surface area contributed by atoms with Crippen molar-refractivity contribution in [3.05, 3.63) is 35.4 Å². The number of likely N-dealkylation sites (tertiary alicyclic amines) is 1. The molecule has 1 heterocycles. The summed E-state index contributed by atoms with van der Waals surface area (Å²) in [6, 6.07) is 8.78. The normalized spacial score (nSPS) is 25.0. The van der Waals surface area contributed by atoms with Gasteiger partial charge in [-0.2, -0.15) is 5.26 Å². The number of amides is 2. The Hall–Kier alpha value is -2.39. The minimum Gasteiger partial charge on any atom is -0.380 e. The number of nitriles is 1. The van der Waals surface area contributed by atoms with E-state index in [0.717, 1.165) is 18.4 Å². The Morgan fingerprint density at radius 3 is 2.48 bits per heavy atom. The van der Waals surface area contributed by atoms with Gasteiger partial charge in [0.1, 0.15) is 6.04 Å². The molecule has 6 nitrogen and oxygen atoms in total. The number of ether oxygens (including phenoxy) is 1. The van der Waals surface area contributed by atoms with Crippen LogP contribution in [-0.2, 0) is 14.9 Å². The van der Waals surface area contributed by atoms with Crippen LogP contribution in [0.15, 0.2) is 24.3 Å². The van der Waals surface area contributed by atoms with Crippen LogP contribution in [0.4, 0.5) is 0 Å². The number of hydrogen-bond donors (Lipinski definition) is 1. The average Bonchev–Trinajstić information content (AvgIpc) is 3.25. The molecule has 0 spiro atoms. The third kappa shape index (κ3) is 2.68. The van der Waals surface area contributed by atoms with Gasteiger partial charge in [0.15, 0.2) is 0 Å². The molecule has 2 aliphatic rings. The SMILES string of the molecule is CO[C@H]1C[C@@H](C(N)=O)N(C(=O)c2ccc(C3(C#N)CC3)cc2)C1. The van der Waals surface area contributed by atoms with Gasteiger partial charge >= 0.3 is 0 Å². The molecule has 1 aromatic carbocycles. The smallest absolute Gasteiger partial charge is 0.254 e. The van der Waals surface area contributed by atoms with Gasteiger partial charge in [-0.1, -0.05) is 12.1 Å². The van der Waals surface area contributed by atoms with Crippen molar-refractivity contribution >= 4 is 11.8 Å². The fourth-order valence-corrected chi connectivity index (χ4v) is 3.15. The van der Waals surface area contributed by atoms with E-state index in [1.54, 1.807) is 19.2 Å². The van der Waals surface area contributed by atoms with Crippen LogP contribution in [-0.4, -0.2) is 42.5 Å². The highest BCUT2D eigenvalue weighted by Gasteiger charge is 2.45. The van der Waals surface area contributed by atoms with Crippen LogP contribution in [0.3, 0.4) is 0 Å². The van der Waals surface area contributed by atoms with Gasteiger partial charge in [0.05, 0.1) is 17.6 Å². The summed E-state index contributed by atoms with van der Waals surface area (Å²) in [4.78, 5) is 25.7. The first-order valence-electron chi connectivity index (χ1n) is 7.65. The lowest BCUT2D eigenvalue weighted by Crippen LogP contribution is -2.43. The summed E-state index contributed by atoms with van der Waals surface area (Å²) in [6.45, 7) is 0.354. The molecule has 3 rings (SSSR count). The highest BCUT2D eigenvalue weighted by atomic mass is 16.5. The number of carbonyl (C=O) groups is 2. The van der Waals surface area contributed by atoms with Gasteiger partial charge < -0.3 is 15.4 Å². The summed E-state index contributed by atoms with van der Waals surface area (Å²) in [7, 11) is 1.56. The number of benzene rings is 1. The lowest BCUT2D eigenvalue weighted by Gasteiger charge is -2.22. The molecule has 0 unspecified atom stereocenters. The summed E-state index contributed by atoms with van der Waals surface area (Å²) >= 11 is 0. The molecule has 1 aliphatic carbocycles. The Kier molecular flexibility index (Phi) is 3.82. The Bertz CT molecular complexity index is 673. The highest BCUT2D eigenvalue weighted by Crippen LogP contribution is 2.47. The quantitative estimate of drug-likeness (QED) is 0.895. The fourth-order valence-electron chi connectivity index (χ4n) is 3.15. The lowest BCUT2D eigenvalue weighted by molar-refractivity contribution is -0.121. The Labute approximate surface area is 134 Å². The monoisotopic (exact) mass is 313 g/mol. The maximum atomic E-state index is 12.7. The van der Waals surface area contributed by atoms with E-state index >= 15 is 0 Å². The Morgan fingerprint density at radius 1 is 1.35 bits per heavy atom. The predicted octanol–water partition coefficient (Wildman–Crippen LogP) is 0.957. The number of hydrogen-bond acceptors (Lipinski definition) is 4. The van der Waals surface area contributed by atoms with Crippen molar-refractivity contribution in [3.63, 3.8) is 0 Å². The van der Waals surface area contributed by atoms with E-state index in [9.17, 15) is 14.9 Å². The van der Waals surface area contributed by atoms with Crippen molar-refractivity contribution < 1.29 is 14.3 Å². The highest BCUT2D eigenvalue weighted by molar-refractivity contribution is 5.97. The molecule has 0 bridgehead atoms. The van der Waals surface area contributed by atoms with Gasteiger partial charge in [0.2, 0.25) is 5.91 Å². The number of methoxy groups -OCH3 is 1. The van der Waals surface area contributed by atoms with E-state index in [0.29, 0.717) is 18.5 Å². The summed E-state index contributed by atoms with van der Waals surface area (Å²) in [6.07, 6.45) is 1.97. The van der Waals surface area contributed by atoms with Crippen LogP contribution in [0.1, 0.15) is 35.2 Å². The third-order valence-electron chi connectivity index (χ3n) is 4.83. The molecule has 1 aliphatic heterocycles. The van der Waals surface area contributed by atoms with Crippen molar-refractivity contribution in [1.82, 2.24) is 4.90 Å². The minimum absolute atomic E-state index is 0.177. The molecular formula is C17H19N3O3. The number of nitrogens with zero attached hydrogens (tertiary/aromatic N) is 2. The molecule has 2 atom stereocenters. The molecule has 23 heavy (non-hydrogen) atoms. The average molecular weight is 313 g/mol. The second-order valence-corrected chi connectivity index (χ2v) is 6.24. The molecule has 2 N–H and O–H groups in total. The zero-order valence-electron chi connectivity index (χ0n) is 13.0. The molecule has 6 heteroatoms. The van der Waals surface area contributed by atoms with Crippen LogP contribution < -0.4 is 5.73 Å². The summed E-state index contributed by atoms with van der Waals surface area (Å²) < 4.78 is 5.26. The molecule has 2 fully saturated rings. The van der Waals surface area contributed by atoms with Crippen LogP contribution in [0, 0.1) is 11.3 Å². The van der Waals surface area contributed by atoms with E-state index < -0.39 is 11.9 Å². The molecule has 0 radical (unpaired) electrons. The molecule has 2 amide bonds. The fraction of sp³-hybridized carbons (Fsp3) is 0.471. The summed E-state index contributed by atoms with van der Waals surface area (Å²) in [5.74, 6) is -0.752. The van der Waals surface area contributed by atoms with Crippen LogP contribution >= 0.6 is 0 Å². The number of primary amides is 1. The van der Waals surface area contributed by atoms with Crippen LogP contribution in [0.5, 0.6) is 0 Å². The van der Waals surface area contributed by atoms with Gasteiger partial charge in [-0.3, -0.25) is 9.59 Å². The first kappa shape index (κ1) is 15.5. The minimum atomic E-state index is -0.638. The molecule has 0 aromatic heterocycles. The number of nitrogens with two attached hydrogens (primary N) is 1. The zero-order chi connectivity index (χ0) is 16.6. The first-order chi connectivity index (χ1) is 11.0. The topological polar surface area (TPSA) is 96.4 Å². The van der Waals surface area contributed by atoms with Gasteiger partial charge in [0.25, 0.3) is 5.91 Å². The standard InChI is InChI=1S/C17H19N3O3/c1-23-13-8-14(15(19)21)20(9-13)16(22)11-2-4-12(5-3-11)17(10-18)6-7-17/h2-5,13-14H,6-9H2,1H3,(H2,19,21)/t13-,14-/m0/s1. The molecular weight excluding hydrogens is 294 g/mol. The van der Waals surface area contributed by atoms with Gasteiger partial charge in [-0.15, -0.1) is 0 Å². The van der Waals surface area contributed by atoms with Crippen LogP contribution in [0.25, 0.3) is 0 Å². The van der Waals surface area contributed by atoms with E-state index in [1.807, 2.05) is 12.1 Å². The van der Waals surface area contributed by atoms with Crippen molar-refractivity contribution in [2.24, 2.45) is 5.73 Å². The Balaban J connectivity index is 1.80. The maximum Gasteiger partial charge on any atom is 0.254 e. The maximum absolute atomic E-state index is 12.7. The molecule has 1 aromatic rings. The first-order valence-corrected chi connectivity index (χ1v) is 7.65. The van der Waals surface area contributed by atoms with Gasteiger partial charge in [-0.25, -0.2) is 0 Å². The van der Waals surface area contributed by atoms with Crippen molar-refractivity contribution in [2.75, 3.05) is 13.7 Å². The van der Waals surface area contributed by atoms with Gasteiger partial charge in [0, 0.05) is 25.6 Å². The summed E-state index contributed by atoms with van der Waals surface area (Å²) in [5, 5.41) is 9.22. The summed E-state index contributed by atoms with van der Waals surface area (Å²) in [5.41, 5.74) is 6.47. The van der Waals surface area contributed by atoms with E-state index in [1.165, 1.54) is 4.90 Å². The van der Waals surface area contributed by atoms with Crippen molar-refractivity contribution in [3.8, 4) is 6.07 Å². The second kappa shape index (κ2) is 5.67. The number of rotatable bonds is 4. The second-order valence-electron chi connectivity index (χ2n) is 6.24. The lowest BCUT2D eigenvalue weighted by atomic mass is 9.96. The Morgan fingerprint density at radius 2 is 2.00 bits per heavy atom. The molecule has 1 saturated heterocycles. The van der Waals surface area contributed by atoms with Crippen LogP contribution in [0.2, 0.25) is 0 Å². The van der Waals surface area contributed by atoms with Crippen molar-refractivity contribution in [2.45, 2.75) is 36.8 Å². The number of carbonyl (C=O) groups excluding carboxylic acids is 2. The van der Waals surface area contributed by atoms with Crippen molar-refractivity contribution in [1.29, 1.82) is 5.26 Å². The molecule has 120 valence electrons.